The molecule has 4 heteroatoms. The lowest BCUT2D eigenvalue weighted by molar-refractivity contribution is 0.444. The lowest BCUT2D eigenvalue weighted by Crippen LogP contribution is -2.34. The van der Waals surface area contributed by atoms with Gasteiger partial charge < -0.3 is 4.90 Å². The van der Waals surface area contributed by atoms with Crippen molar-refractivity contribution in [1.82, 2.24) is 9.97 Å². The standard InChI is InChI=1S/C10H14ClN3/c1-8-3-2-6-14(7-8)9-4-5-12-10(11)13-9/h4-5,8H,2-3,6-7H2,1H3. The van der Waals surface area contributed by atoms with Crippen molar-refractivity contribution in [3.8, 4) is 0 Å². The van der Waals surface area contributed by atoms with Crippen molar-refractivity contribution in [3.05, 3.63) is 17.5 Å². The number of hydrogen-bond acceptors (Lipinski definition) is 3. The smallest absolute Gasteiger partial charge is 0.224 e. The van der Waals surface area contributed by atoms with Crippen LogP contribution in [0.3, 0.4) is 0 Å². The molecule has 1 saturated heterocycles. The second-order valence-corrected chi connectivity index (χ2v) is 4.22. The molecule has 1 aromatic heterocycles. The maximum Gasteiger partial charge on any atom is 0.224 e. The summed E-state index contributed by atoms with van der Waals surface area (Å²) in [6.45, 7) is 4.43. The Hall–Kier alpha value is -0.830. The van der Waals surface area contributed by atoms with Crippen LogP contribution >= 0.6 is 11.6 Å². The van der Waals surface area contributed by atoms with Crippen LogP contribution in [0.5, 0.6) is 0 Å². The number of aromatic nitrogens is 2. The van der Waals surface area contributed by atoms with Gasteiger partial charge in [0.2, 0.25) is 5.28 Å². The fraction of sp³-hybridized carbons (Fsp3) is 0.600. The van der Waals surface area contributed by atoms with Crippen LogP contribution in [-0.4, -0.2) is 23.1 Å². The van der Waals surface area contributed by atoms with Crippen LogP contribution in [-0.2, 0) is 0 Å². The monoisotopic (exact) mass is 211 g/mol. The van der Waals surface area contributed by atoms with E-state index in [2.05, 4.69) is 21.8 Å². The number of anilines is 1. The normalized spacial score (nSPS) is 22.4. The predicted octanol–water partition coefficient (Wildman–Crippen LogP) is 2.37. The van der Waals surface area contributed by atoms with Gasteiger partial charge in [-0.25, -0.2) is 9.97 Å². The average molecular weight is 212 g/mol. The minimum atomic E-state index is 0.334. The topological polar surface area (TPSA) is 29.0 Å². The van der Waals surface area contributed by atoms with E-state index in [0.29, 0.717) is 5.28 Å². The van der Waals surface area contributed by atoms with Gasteiger partial charge >= 0.3 is 0 Å². The van der Waals surface area contributed by atoms with Crippen LogP contribution in [0.25, 0.3) is 0 Å². The Morgan fingerprint density at radius 3 is 3.14 bits per heavy atom. The van der Waals surface area contributed by atoms with Crippen molar-refractivity contribution in [2.24, 2.45) is 5.92 Å². The van der Waals surface area contributed by atoms with Gasteiger partial charge in [0.25, 0.3) is 0 Å². The van der Waals surface area contributed by atoms with Crippen molar-refractivity contribution in [1.29, 1.82) is 0 Å². The third kappa shape index (κ3) is 2.15. The van der Waals surface area contributed by atoms with E-state index >= 15 is 0 Å². The highest BCUT2D eigenvalue weighted by Crippen LogP contribution is 2.21. The molecule has 1 aliphatic heterocycles. The van der Waals surface area contributed by atoms with E-state index in [9.17, 15) is 0 Å². The predicted molar refractivity (Wildman–Crippen MR) is 57.7 cm³/mol. The average Bonchev–Trinajstić information content (AvgIpc) is 2.18. The molecule has 1 aromatic rings. The second kappa shape index (κ2) is 4.13. The van der Waals surface area contributed by atoms with E-state index in [1.165, 1.54) is 12.8 Å². The van der Waals surface area contributed by atoms with Gasteiger partial charge in [-0.15, -0.1) is 0 Å². The molecule has 2 rings (SSSR count). The summed E-state index contributed by atoms with van der Waals surface area (Å²) < 4.78 is 0. The number of piperidine rings is 1. The summed E-state index contributed by atoms with van der Waals surface area (Å²) in [6, 6.07) is 1.92. The van der Waals surface area contributed by atoms with Crippen LogP contribution in [0.4, 0.5) is 5.82 Å². The summed E-state index contributed by atoms with van der Waals surface area (Å²) in [7, 11) is 0. The van der Waals surface area contributed by atoms with Crippen LogP contribution < -0.4 is 4.90 Å². The summed E-state index contributed by atoms with van der Waals surface area (Å²) in [5.74, 6) is 1.70. The van der Waals surface area contributed by atoms with Crippen molar-refractivity contribution < 1.29 is 0 Å². The highest BCUT2D eigenvalue weighted by molar-refractivity contribution is 6.28. The quantitative estimate of drug-likeness (QED) is 0.668. The third-order valence-corrected chi connectivity index (χ3v) is 2.77. The van der Waals surface area contributed by atoms with E-state index in [0.717, 1.165) is 24.8 Å². The Morgan fingerprint density at radius 2 is 2.43 bits per heavy atom. The fourth-order valence-corrected chi connectivity index (χ4v) is 2.04. The molecule has 0 bridgehead atoms. The molecular formula is C10H14ClN3. The van der Waals surface area contributed by atoms with Gasteiger partial charge in [0, 0.05) is 19.3 Å². The van der Waals surface area contributed by atoms with E-state index in [1.807, 2.05) is 6.07 Å². The van der Waals surface area contributed by atoms with E-state index in [4.69, 9.17) is 11.6 Å². The van der Waals surface area contributed by atoms with Crippen molar-refractivity contribution in [2.45, 2.75) is 19.8 Å². The van der Waals surface area contributed by atoms with E-state index < -0.39 is 0 Å². The molecule has 0 radical (unpaired) electrons. The molecule has 0 amide bonds. The number of nitrogens with zero attached hydrogens (tertiary/aromatic N) is 3. The number of rotatable bonds is 1. The summed E-state index contributed by atoms with van der Waals surface area (Å²) in [4.78, 5) is 10.4. The molecule has 0 spiro atoms. The Balaban J connectivity index is 2.14. The lowest BCUT2D eigenvalue weighted by Gasteiger charge is -2.31. The summed E-state index contributed by atoms with van der Waals surface area (Å²) in [5, 5.41) is 0.334. The highest BCUT2D eigenvalue weighted by Gasteiger charge is 2.17. The number of halogens is 1. The Kier molecular flexibility index (Phi) is 2.87. The first-order valence-corrected chi connectivity index (χ1v) is 5.37. The van der Waals surface area contributed by atoms with Gasteiger partial charge in [0.15, 0.2) is 0 Å². The largest absolute Gasteiger partial charge is 0.356 e. The summed E-state index contributed by atoms with van der Waals surface area (Å²) >= 11 is 5.75. The third-order valence-electron chi connectivity index (χ3n) is 2.59. The molecule has 14 heavy (non-hydrogen) atoms. The molecule has 1 unspecified atom stereocenters. The molecule has 0 aliphatic carbocycles. The van der Waals surface area contributed by atoms with Gasteiger partial charge in [0.1, 0.15) is 5.82 Å². The maximum absolute atomic E-state index is 5.75. The van der Waals surface area contributed by atoms with Gasteiger partial charge in [-0.1, -0.05) is 6.92 Å². The highest BCUT2D eigenvalue weighted by atomic mass is 35.5. The maximum atomic E-state index is 5.75. The molecule has 1 aliphatic rings. The van der Waals surface area contributed by atoms with Gasteiger partial charge in [-0.3, -0.25) is 0 Å². The zero-order valence-electron chi connectivity index (χ0n) is 8.28. The van der Waals surface area contributed by atoms with Crippen molar-refractivity contribution in [2.75, 3.05) is 18.0 Å². The van der Waals surface area contributed by atoms with E-state index in [-0.39, 0.29) is 0 Å². The van der Waals surface area contributed by atoms with Gasteiger partial charge in [-0.2, -0.15) is 0 Å². The van der Waals surface area contributed by atoms with Crippen LogP contribution in [0.15, 0.2) is 12.3 Å². The Bertz CT molecular complexity index is 316. The van der Waals surface area contributed by atoms with E-state index in [1.54, 1.807) is 6.20 Å². The first kappa shape index (κ1) is 9.71. The zero-order valence-corrected chi connectivity index (χ0v) is 9.04. The zero-order chi connectivity index (χ0) is 9.97. The van der Waals surface area contributed by atoms with Gasteiger partial charge in [0.05, 0.1) is 0 Å². The molecule has 0 aromatic carbocycles. The van der Waals surface area contributed by atoms with Crippen molar-refractivity contribution >= 4 is 17.4 Å². The minimum absolute atomic E-state index is 0.334. The second-order valence-electron chi connectivity index (χ2n) is 3.88. The SMILES string of the molecule is CC1CCCN(c2ccnc(Cl)n2)C1. The van der Waals surface area contributed by atoms with Crippen LogP contribution in [0.1, 0.15) is 19.8 Å². The minimum Gasteiger partial charge on any atom is -0.356 e. The van der Waals surface area contributed by atoms with Crippen molar-refractivity contribution in [3.63, 3.8) is 0 Å². The van der Waals surface area contributed by atoms with Crippen LogP contribution in [0.2, 0.25) is 5.28 Å². The molecule has 0 saturated carbocycles. The first-order valence-electron chi connectivity index (χ1n) is 4.99. The molecule has 2 heterocycles. The Morgan fingerprint density at radius 1 is 1.57 bits per heavy atom. The Labute approximate surface area is 89.1 Å². The lowest BCUT2D eigenvalue weighted by atomic mass is 10.0. The molecule has 0 N–H and O–H groups in total. The molecule has 1 atom stereocenters. The molecule has 3 nitrogen and oxygen atoms in total. The molecule has 1 fully saturated rings. The fourth-order valence-electron chi connectivity index (χ4n) is 1.90. The summed E-state index contributed by atoms with van der Waals surface area (Å²) in [6.07, 6.45) is 4.27. The molecule has 76 valence electrons. The van der Waals surface area contributed by atoms with Gasteiger partial charge in [-0.05, 0) is 36.4 Å². The van der Waals surface area contributed by atoms with Crippen LogP contribution in [0, 0.1) is 5.92 Å². The first-order chi connectivity index (χ1) is 6.75. The molecular weight excluding hydrogens is 198 g/mol. The summed E-state index contributed by atoms with van der Waals surface area (Å²) in [5.41, 5.74) is 0. The number of hydrogen-bond donors (Lipinski definition) is 0.